The number of thioether (sulfide) groups is 1. The van der Waals surface area contributed by atoms with Crippen LogP contribution in [0.3, 0.4) is 0 Å². The molecule has 0 spiro atoms. The van der Waals surface area contributed by atoms with Crippen molar-refractivity contribution in [3.8, 4) is 5.75 Å². The molecule has 22 heavy (non-hydrogen) atoms. The van der Waals surface area contributed by atoms with Crippen molar-refractivity contribution in [1.29, 1.82) is 0 Å². The highest BCUT2D eigenvalue weighted by molar-refractivity contribution is 7.99. The van der Waals surface area contributed by atoms with Crippen molar-refractivity contribution >= 4 is 23.4 Å². The Morgan fingerprint density at radius 1 is 1.23 bits per heavy atom. The van der Waals surface area contributed by atoms with E-state index in [0.29, 0.717) is 17.5 Å². The molecule has 0 aromatic heterocycles. The first kappa shape index (κ1) is 15.7. The smallest absolute Gasteiger partial charge is 0.122 e. The molecule has 1 fully saturated rings. The van der Waals surface area contributed by atoms with Gasteiger partial charge >= 0.3 is 0 Å². The number of benzene rings is 2. The van der Waals surface area contributed by atoms with Crippen molar-refractivity contribution in [3.63, 3.8) is 0 Å². The molecule has 1 heterocycles. The Labute approximate surface area is 140 Å². The quantitative estimate of drug-likeness (QED) is 0.730. The molecule has 2 nitrogen and oxygen atoms in total. The van der Waals surface area contributed by atoms with E-state index in [1.54, 1.807) is 11.8 Å². The van der Waals surface area contributed by atoms with Gasteiger partial charge in [0.25, 0.3) is 0 Å². The van der Waals surface area contributed by atoms with Gasteiger partial charge in [-0.2, -0.15) is 0 Å². The predicted octanol–water partition coefficient (Wildman–Crippen LogP) is 5.39. The molecule has 0 amide bonds. The van der Waals surface area contributed by atoms with E-state index in [-0.39, 0.29) is 5.44 Å². The third-order valence-electron chi connectivity index (χ3n) is 3.52. The summed E-state index contributed by atoms with van der Waals surface area (Å²) >= 11 is 7.93. The Morgan fingerprint density at radius 3 is 2.77 bits per heavy atom. The fraction of sp³-hybridized carbons (Fsp3) is 0.333. The van der Waals surface area contributed by atoms with E-state index in [1.807, 2.05) is 48.5 Å². The van der Waals surface area contributed by atoms with Crippen LogP contribution in [0, 0.1) is 5.92 Å². The summed E-state index contributed by atoms with van der Waals surface area (Å²) < 4.78 is 11.6. The molecule has 1 aliphatic heterocycles. The van der Waals surface area contributed by atoms with Crippen LogP contribution in [0.15, 0.2) is 53.4 Å². The number of halogens is 1. The minimum Gasteiger partial charge on any atom is -0.489 e. The van der Waals surface area contributed by atoms with Gasteiger partial charge in [-0.25, -0.2) is 0 Å². The van der Waals surface area contributed by atoms with Gasteiger partial charge in [-0.3, -0.25) is 0 Å². The highest BCUT2D eigenvalue weighted by atomic mass is 35.5. The lowest BCUT2D eigenvalue weighted by atomic mass is 10.2. The van der Waals surface area contributed by atoms with Crippen molar-refractivity contribution in [1.82, 2.24) is 0 Å². The zero-order chi connectivity index (χ0) is 15.4. The molecule has 2 atom stereocenters. The van der Waals surface area contributed by atoms with Crippen LogP contribution in [0.1, 0.15) is 18.9 Å². The second-order valence-corrected chi connectivity index (χ2v) is 7.29. The molecule has 0 aliphatic carbocycles. The minimum atomic E-state index is 0.218. The average Bonchev–Trinajstić information content (AvgIpc) is 2.91. The standard InChI is InChI=1S/C18H19ClO2S/c1-13-7-18(21-11-13)22-17-9-15(19)8-16(10-17)20-12-14-5-3-2-4-6-14/h2-6,8-10,13,18H,7,11-12H2,1H3/t13-,18?/m1/s1. The average molecular weight is 335 g/mol. The molecule has 2 aromatic carbocycles. The maximum atomic E-state index is 6.21. The fourth-order valence-corrected chi connectivity index (χ4v) is 3.94. The molecule has 0 radical (unpaired) electrons. The highest BCUT2D eigenvalue weighted by Crippen LogP contribution is 2.36. The largest absolute Gasteiger partial charge is 0.489 e. The first-order valence-electron chi connectivity index (χ1n) is 7.44. The van der Waals surface area contributed by atoms with Crippen molar-refractivity contribution in [2.75, 3.05) is 6.61 Å². The summed E-state index contributed by atoms with van der Waals surface area (Å²) in [6.45, 7) is 3.60. The van der Waals surface area contributed by atoms with Gasteiger partial charge < -0.3 is 9.47 Å². The lowest BCUT2D eigenvalue weighted by Gasteiger charge is -2.12. The fourth-order valence-electron chi connectivity index (χ4n) is 2.40. The first-order valence-corrected chi connectivity index (χ1v) is 8.70. The van der Waals surface area contributed by atoms with E-state index >= 15 is 0 Å². The summed E-state index contributed by atoms with van der Waals surface area (Å²) in [5.74, 6) is 1.43. The molecule has 116 valence electrons. The lowest BCUT2D eigenvalue weighted by Crippen LogP contribution is -1.99. The molecule has 0 saturated carbocycles. The van der Waals surface area contributed by atoms with Gasteiger partial charge in [0.1, 0.15) is 17.8 Å². The summed E-state index contributed by atoms with van der Waals surface area (Å²) in [7, 11) is 0. The second-order valence-electron chi connectivity index (χ2n) is 5.62. The maximum absolute atomic E-state index is 6.21. The Balaban J connectivity index is 1.64. The molecular weight excluding hydrogens is 316 g/mol. The van der Waals surface area contributed by atoms with Crippen LogP contribution in [0.2, 0.25) is 5.02 Å². The van der Waals surface area contributed by atoms with Gasteiger partial charge in [-0.05, 0) is 36.1 Å². The summed E-state index contributed by atoms with van der Waals surface area (Å²) in [5.41, 5.74) is 1.36. The molecule has 1 saturated heterocycles. The van der Waals surface area contributed by atoms with Crippen LogP contribution in [-0.4, -0.2) is 12.0 Å². The summed E-state index contributed by atoms with van der Waals surface area (Å²) in [6.07, 6.45) is 1.08. The van der Waals surface area contributed by atoms with Crippen molar-refractivity contribution < 1.29 is 9.47 Å². The number of rotatable bonds is 5. The van der Waals surface area contributed by atoms with E-state index in [0.717, 1.165) is 29.2 Å². The van der Waals surface area contributed by atoms with Gasteiger partial charge in [0.15, 0.2) is 0 Å². The molecule has 4 heteroatoms. The first-order chi connectivity index (χ1) is 10.7. The summed E-state index contributed by atoms with van der Waals surface area (Å²) in [5, 5.41) is 0.694. The summed E-state index contributed by atoms with van der Waals surface area (Å²) in [6, 6.07) is 16.0. The normalized spacial score (nSPS) is 21.0. The van der Waals surface area contributed by atoms with E-state index in [9.17, 15) is 0 Å². The van der Waals surface area contributed by atoms with Crippen molar-refractivity contribution in [3.05, 3.63) is 59.1 Å². The Bertz CT molecular complexity index is 618. The van der Waals surface area contributed by atoms with E-state index in [1.165, 1.54) is 0 Å². The molecule has 1 unspecified atom stereocenters. The molecule has 1 aliphatic rings. The van der Waals surface area contributed by atoms with Crippen LogP contribution in [-0.2, 0) is 11.3 Å². The number of ether oxygens (including phenoxy) is 2. The van der Waals surface area contributed by atoms with Gasteiger partial charge in [-0.15, -0.1) is 0 Å². The van der Waals surface area contributed by atoms with E-state index in [2.05, 4.69) is 6.92 Å². The Kier molecular flexibility index (Phi) is 5.29. The third kappa shape index (κ3) is 4.42. The molecule has 0 N–H and O–H groups in total. The van der Waals surface area contributed by atoms with Crippen LogP contribution in [0.5, 0.6) is 5.75 Å². The van der Waals surface area contributed by atoms with E-state index in [4.69, 9.17) is 21.1 Å². The van der Waals surface area contributed by atoms with Gasteiger partial charge in [0.2, 0.25) is 0 Å². The Morgan fingerprint density at radius 2 is 2.05 bits per heavy atom. The zero-order valence-corrected chi connectivity index (χ0v) is 14.1. The number of hydrogen-bond donors (Lipinski definition) is 0. The van der Waals surface area contributed by atoms with Crippen LogP contribution < -0.4 is 4.74 Å². The van der Waals surface area contributed by atoms with Gasteiger partial charge in [0.05, 0.1) is 6.61 Å². The van der Waals surface area contributed by atoms with Crippen LogP contribution >= 0.6 is 23.4 Å². The predicted molar refractivity (Wildman–Crippen MR) is 91.6 cm³/mol. The Hall–Kier alpha value is -1.16. The molecule has 2 aromatic rings. The topological polar surface area (TPSA) is 18.5 Å². The summed E-state index contributed by atoms with van der Waals surface area (Å²) in [4.78, 5) is 1.09. The molecular formula is C18H19ClO2S. The van der Waals surface area contributed by atoms with E-state index < -0.39 is 0 Å². The third-order valence-corrected chi connectivity index (χ3v) is 4.84. The zero-order valence-electron chi connectivity index (χ0n) is 12.5. The van der Waals surface area contributed by atoms with Gasteiger partial charge in [-0.1, -0.05) is 60.6 Å². The maximum Gasteiger partial charge on any atom is 0.122 e. The molecule has 0 bridgehead atoms. The lowest BCUT2D eigenvalue weighted by molar-refractivity contribution is 0.166. The second kappa shape index (κ2) is 7.40. The van der Waals surface area contributed by atoms with Crippen molar-refractivity contribution in [2.45, 2.75) is 30.3 Å². The van der Waals surface area contributed by atoms with Gasteiger partial charge in [0, 0.05) is 9.92 Å². The number of hydrogen-bond acceptors (Lipinski definition) is 3. The molecule has 3 rings (SSSR count). The van der Waals surface area contributed by atoms with Crippen molar-refractivity contribution in [2.24, 2.45) is 5.92 Å². The minimum absolute atomic E-state index is 0.218. The van der Waals surface area contributed by atoms with Crippen LogP contribution in [0.25, 0.3) is 0 Å². The van der Waals surface area contributed by atoms with Crippen LogP contribution in [0.4, 0.5) is 0 Å². The highest BCUT2D eigenvalue weighted by Gasteiger charge is 2.23. The SMILES string of the molecule is C[C@H]1COC(Sc2cc(Cl)cc(OCc3ccccc3)c2)C1. The monoisotopic (exact) mass is 334 g/mol.